The number of nitrogens with zero attached hydrogens (tertiary/aromatic N) is 1. The van der Waals surface area contributed by atoms with Crippen molar-refractivity contribution in [3.05, 3.63) is 48.0 Å². The van der Waals surface area contributed by atoms with Gasteiger partial charge in [0, 0.05) is 18.5 Å². The van der Waals surface area contributed by atoms with E-state index in [1.165, 1.54) is 30.3 Å². The standard InChI is InChI=1S/C16H17N.ClH/c1-17-10-13-9-16(13,11-17)15-8-4-6-12-5-2-3-7-14(12)15;/h2-8,13H,9-11H2,1H3;1H/t13-,16+;/m0./s1. The van der Waals surface area contributed by atoms with Crippen LogP contribution in [0.2, 0.25) is 0 Å². The molecule has 0 spiro atoms. The third-order valence-electron chi connectivity index (χ3n) is 4.64. The number of piperidine rings is 1. The Morgan fingerprint density at radius 2 is 1.89 bits per heavy atom. The Bertz CT molecular complexity index is 589. The molecule has 1 nitrogen and oxygen atoms in total. The van der Waals surface area contributed by atoms with Crippen LogP contribution in [0.25, 0.3) is 10.8 Å². The molecule has 18 heavy (non-hydrogen) atoms. The zero-order valence-corrected chi connectivity index (χ0v) is 11.4. The van der Waals surface area contributed by atoms with Crippen LogP contribution in [0.5, 0.6) is 0 Å². The van der Waals surface area contributed by atoms with Gasteiger partial charge >= 0.3 is 0 Å². The first-order valence-corrected chi connectivity index (χ1v) is 6.46. The minimum absolute atomic E-state index is 0. The normalized spacial score (nSPS) is 29.9. The molecule has 0 aromatic heterocycles. The number of hydrogen-bond donors (Lipinski definition) is 0. The molecule has 1 heterocycles. The predicted octanol–water partition coefficient (Wildman–Crippen LogP) is 3.46. The van der Waals surface area contributed by atoms with Crippen molar-refractivity contribution in [2.75, 3.05) is 20.1 Å². The first-order chi connectivity index (χ1) is 8.29. The van der Waals surface area contributed by atoms with E-state index in [2.05, 4.69) is 54.4 Å². The maximum absolute atomic E-state index is 2.48. The number of likely N-dealkylation sites (tertiary alicyclic amines) is 1. The summed E-state index contributed by atoms with van der Waals surface area (Å²) < 4.78 is 0. The molecule has 0 radical (unpaired) electrons. The van der Waals surface area contributed by atoms with Gasteiger partial charge in [0.1, 0.15) is 0 Å². The van der Waals surface area contributed by atoms with Crippen molar-refractivity contribution < 1.29 is 0 Å². The fraction of sp³-hybridized carbons (Fsp3) is 0.375. The Hall–Kier alpha value is -1.05. The highest BCUT2D eigenvalue weighted by atomic mass is 35.5. The van der Waals surface area contributed by atoms with Crippen LogP contribution in [0, 0.1) is 5.92 Å². The summed E-state index contributed by atoms with van der Waals surface area (Å²) >= 11 is 0. The summed E-state index contributed by atoms with van der Waals surface area (Å²) in [6.07, 6.45) is 1.39. The van der Waals surface area contributed by atoms with Gasteiger partial charge < -0.3 is 4.90 Å². The summed E-state index contributed by atoms with van der Waals surface area (Å²) in [6.45, 7) is 2.52. The van der Waals surface area contributed by atoms with E-state index in [0.29, 0.717) is 5.41 Å². The Morgan fingerprint density at radius 1 is 1.11 bits per heavy atom. The van der Waals surface area contributed by atoms with Crippen LogP contribution in [0.1, 0.15) is 12.0 Å². The van der Waals surface area contributed by atoms with Gasteiger partial charge in [0.15, 0.2) is 0 Å². The van der Waals surface area contributed by atoms with Crippen LogP contribution < -0.4 is 0 Å². The molecular formula is C16H18ClN. The molecule has 1 aliphatic carbocycles. The number of fused-ring (bicyclic) bond motifs is 2. The lowest BCUT2D eigenvalue weighted by atomic mass is 9.90. The maximum Gasteiger partial charge on any atom is 0.0130 e. The minimum atomic E-state index is 0. The lowest BCUT2D eigenvalue weighted by molar-refractivity contribution is 0.364. The quantitative estimate of drug-likeness (QED) is 0.758. The van der Waals surface area contributed by atoms with E-state index in [1.54, 1.807) is 5.56 Å². The van der Waals surface area contributed by atoms with Crippen LogP contribution in [0.4, 0.5) is 0 Å². The molecule has 2 aromatic carbocycles. The lowest BCUT2D eigenvalue weighted by Gasteiger charge is -2.18. The zero-order chi connectivity index (χ0) is 11.5. The summed E-state index contributed by atoms with van der Waals surface area (Å²) in [5.41, 5.74) is 2.07. The van der Waals surface area contributed by atoms with Crippen molar-refractivity contribution in [1.29, 1.82) is 0 Å². The molecule has 2 fully saturated rings. The van der Waals surface area contributed by atoms with Crippen LogP contribution in [0.15, 0.2) is 42.5 Å². The van der Waals surface area contributed by atoms with Crippen molar-refractivity contribution in [2.24, 2.45) is 5.92 Å². The highest BCUT2D eigenvalue weighted by molar-refractivity contribution is 5.87. The number of benzene rings is 2. The predicted molar refractivity (Wildman–Crippen MR) is 78.5 cm³/mol. The van der Waals surface area contributed by atoms with Gasteiger partial charge in [-0.05, 0) is 35.7 Å². The molecule has 2 aromatic rings. The monoisotopic (exact) mass is 259 g/mol. The van der Waals surface area contributed by atoms with Gasteiger partial charge in [0.25, 0.3) is 0 Å². The van der Waals surface area contributed by atoms with Gasteiger partial charge in [0.2, 0.25) is 0 Å². The van der Waals surface area contributed by atoms with Gasteiger partial charge in [-0.2, -0.15) is 0 Å². The number of rotatable bonds is 1. The van der Waals surface area contributed by atoms with E-state index in [1.807, 2.05) is 0 Å². The van der Waals surface area contributed by atoms with Gasteiger partial charge in [-0.3, -0.25) is 0 Å². The van der Waals surface area contributed by atoms with Crippen molar-refractivity contribution in [3.63, 3.8) is 0 Å². The lowest BCUT2D eigenvalue weighted by Crippen LogP contribution is -2.22. The zero-order valence-electron chi connectivity index (χ0n) is 10.6. The molecule has 2 atom stereocenters. The largest absolute Gasteiger partial charge is 0.305 e. The Kier molecular flexibility index (Phi) is 2.65. The third-order valence-corrected chi connectivity index (χ3v) is 4.64. The molecule has 0 bridgehead atoms. The van der Waals surface area contributed by atoms with Gasteiger partial charge in [-0.15, -0.1) is 12.4 Å². The number of halogens is 1. The SMILES string of the molecule is CN1C[C@@H]2C[C@@]2(c2cccc3ccccc23)C1.Cl. The maximum atomic E-state index is 2.48. The second-order valence-electron chi connectivity index (χ2n) is 5.78. The molecule has 0 unspecified atom stereocenters. The molecule has 4 rings (SSSR count). The second-order valence-corrected chi connectivity index (χ2v) is 5.78. The molecule has 0 N–H and O–H groups in total. The molecule has 1 saturated heterocycles. The van der Waals surface area contributed by atoms with Crippen molar-refractivity contribution in [1.82, 2.24) is 4.90 Å². The number of likely N-dealkylation sites (N-methyl/N-ethyl adjacent to an activating group) is 1. The van der Waals surface area contributed by atoms with E-state index in [9.17, 15) is 0 Å². The Balaban J connectivity index is 0.000001000. The van der Waals surface area contributed by atoms with E-state index in [4.69, 9.17) is 0 Å². The average Bonchev–Trinajstić information content (AvgIpc) is 2.92. The molecular weight excluding hydrogens is 242 g/mol. The van der Waals surface area contributed by atoms with Crippen LogP contribution in [0.3, 0.4) is 0 Å². The first-order valence-electron chi connectivity index (χ1n) is 6.46. The fourth-order valence-electron chi connectivity index (χ4n) is 3.81. The summed E-state index contributed by atoms with van der Waals surface area (Å²) in [5, 5.41) is 2.85. The van der Waals surface area contributed by atoms with Crippen LogP contribution in [-0.2, 0) is 5.41 Å². The van der Waals surface area contributed by atoms with Crippen LogP contribution in [-0.4, -0.2) is 25.0 Å². The highest BCUT2D eigenvalue weighted by Crippen LogP contribution is 2.59. The van der Waals surface area contributed by atoms with E-state index >= 15 is 0 Å². The van der Waals surface area contributed by atoms with Gasteiger partial charge in [0.05, 0.1) is 0 Å². The van der Waals surface area contributed by atoms with Crippen molar-refractivity contribution in [3.8, 4) is 0 Å². The molecule has 1 saturated carbocycles. The summed E-state index contributed by atoms with van der Waals surface area (Å²) in [6, 6.07) is 15.6. The Morgan fingerprint density at radius 3 is 2.67 bits per heavy atom. The molecule has 2 aliphatic rings. The first kappa shape index (κ1) is 12.0. The van der Waals surface area contributed by atoms with E-state index in [0.717, 1.165) is 5.92 Å². The summed E-state index contributed by atoms with van der Waals surface area (Å²) in [7, 11) is 2.25. The second kappa shape index (κ2) is 3.97. The summed E-state index contributed by atoms with van der Waals surface area (Å²) in [5.74, 6) is 0.901. The smallest absolute Gasteiger partial charge is 0.0130 e. The Labute approximate surface area is 114 Å². The van der Waals surface area contributed by atoms with E-state index < -0.39 is 0 Å². The molecule has 1 aliphatic heterocycles. The van der Waals surface area contributed by atoms with Crippen molar-refractivity contribution in [2.45, 2.75) is 11.8 Å². The third kappa shape index (κ3) is 1.51. The average molecular weight is 260 g/mol. The number of hydrogen-bond acceptors (Lipinski definition) is 1. The van der Waals surface area contributed by atoms with Gasteiger partial charge in [-0.25, -0.2) is 0 Å². The summed E-state index contributed by atoms with van der Waals surface area (Å²) in [4.78, 5) is 2.48. The molecule has 0 amide bonds. The minimum Gasteiger partial charge on any atom is -0.305 e. The van der Waals surface area contributed by atoms with Gasteiger partial charge in [-0.1, -0.05) is 42.5 Å². The van der Waals surface area contributed by atoms with Crippen LogP contribution >= 0.6 is 12.4 Å². The fourth-order valence-corrected chi connectivity index (χ4v) is 3.81. The molecule has 94 valence electrons. The van der Waals surface area contributed by atoms with Crippen molar-refractivity contribution >= 4 is 23.2 Å². The highest BCUT2D eigenvalue weighted by Gasteiger charge is 2.60. The molecule has 2 heteroatoms. The van der Waals surface area contributed by atoms with E-state index in [-0.39, 0.29) is 12.4 Å². The topological polar surface area (TPSA) is 3.24 Å².